The number of amides is 2. The van der Waals surface area contributed by atoms with Crippen LogP contribution in [-0.4, -0.2) is 98.2 Å². The van der Waals surface area contributed by atoms with Crippen LogP contribution >= 0.6 is 11.6 Å². The normalized spacial score (nSPS) is 25.1. The van der Waals surface area contributed by atoms with Crippen LogP contribution in [0.15, 0.2) is 37.1 Å². The summed E-state index contributed by atoms with van der Waals surface area (Å²) in [6, 6.07) is 4.17. The summed E-state index contributed by atoms with van der Waals surface area (Å²) < 4.78 is 38.3. The van der Waals surface area contributed by atoms with Gasteiger partial charge in [-0.15, -0.1) is 0 Å². The van der Waals surface area contributed by atoms with Gasteiger partial charge in [-0.2, -0.15) is 0 Å². The first kappa shape index (κ1) is 38.5. The molecule has 3 fully saturated rings. The number of pyridine rings is 1. The molecule has 2 N–H and O–H groups in total. The predicted molar refractivity (Wildman–Crippen MR) is 192 cm³/mol. The molecule has 3 heterocycles. The molecule has 0 unspecified atom stereocenters. The molecule has 50 heavy (non-hydrogen) atoms. The standard InChI is InChI=1S/C32H40ClN4O6.C3H5O2S.Sn/c1-9-19-14-32(19,18-38)35-15-21-13-22(42-27-24-12-20(33)10-11-23(24)25(41-8)16-34-27)17-37(21)28(39)26(30(2,3)4)36-29(40)43-31(5,6)7;4-6(5)3-1-2-3;/h9-12,16,19,21-22,26,35H,1,13-14,17H2,2-8H3,(H,36,40);3H,1-2H2;/q;-1;/t19-,21+,22-,26-,32+;;/m1../s1. The molecule has 1 saturated heterocycles. The number of nitrogens with zero attached hydrogens (tertiary/aromatic N) is 2. The van der Waals surface area contributed by atoms with Crippen LogP contribution in [-0.2, 0) is 33.4 Å². The number of alkyl carbamates (subject to hydrolysis) is 1. The number of likely N-dealkylation sites (tertiary alicyclic amines) is 1. The van der Waals surface area contributed by atoms with Crippen molar-refractivity contribution in [2.75, 3.05) is 13.7 Å². The van der Waals surface area contributed by atoms with E-state index in [0.717, 1.165) is 28.3 Å². The fraction of sp³-hybridized carbons (Fsp3) is 0.571. The second kappa shape index (κ2) is 14.7. The van der Waals surface area contributed by atoms with E-state index in [1.54, 1.807) is 51.1 Å². The number of carbonyl (C=O) groups is 3. The zero-order valence-corrected chi connectivity index (χ0v) is 33.9. The molecule has 0 bridgehead atoms. The van der Waals surface area contributed by atoms with E-state index in [-0.39, 0.29) is 33.5 Å². The summed E-state index contributed by atoms with van der Waals surface area (Å²) >= 11 is 4.66. The largest absolute Gasteiger partial charge is 0.424 e. The van der Waals surface area contributed by atoms with Crippen LogP contribution in [0.2, 0.25) is 5.02 Å². The second-order valence-corrected chi connectivity index (χ2v) is 20.4. The molecule has 271 valence electrons. The molecule has 2 amide bonds. The molecule has 2 aliphatic carbocycles. The number of fused-ring (bicyclic) bond motifs is 1. The molecule has 2 saturated carbocycles. The number of hydrogen-bond acceptors (Lipinski definition) is 11. The number of benzene rings is 1. The number of aromatic nitrogens is 1. The van der Waals surface area contributed by atoms with Crippen molar-refractivity contribution in [1.82, 2.24) is 20.5 Å². The molecule has 6 rings (SSSR count). The fourth-order valence-corrected chi connectivity index (χ4v) is 11.3. The number of rotatable bonds is 8. The van der Waals surface area contributed by atoms with Crippen molar-refractivity contribution in [3.05, 3.63) is 42.1 Å². The van der Waals surface area contributed by atoms with Crippen molar-refractivity contribution in [2.45, 2.75) is 102 Å². The summed E-state index contributed by atoms with van der Waals surface area (Å²) in [5.41, 5.74) is -1.92. The van der Waals surface area contributed by atoms with Crippen LogP contribution in [0.25, 0.3) is 10.8 Å². The Morgan fingerprint density at radius 2 is 1.90 bits per heavy atom. The summed E-state index contributed by atoms with van der Waals surface area (Å²) in [6.07, 6.45) is 5.32. The monoisotopic (exact) mass is 836 g/mol. The maximum absolute atomic E-state index is 14.4. The Bertz CT molecular complexity index is 1790. The van der Waals surface area contributed by atoms with Gasteiger partial charge >= 0.3 is 274 Å². The minimum absolute atomic E-state index is 0.0185. The molecule has 2 aliphatic heterocycles. The van der Waals surface area contributed by atoms with Gasteiger partial charge in [-0.3, -0.25) is 0 Å². The van der Waals surface area contributed by atoms with E-state index in [1.807, 2.05) is 32.9 Å². The van der Waals surface area contributed by atoms with Gasteiger partial charge in [-0.25, -0.2) is 0 Å². The van der Waals surface area contributed by atoms with Crippen LogP contribution in [0.3, 0.4) is 0 Å². The summed E-state index contributed by atoms with van der Waals surface area (Å²) in [5, 5.41) is 8.44. The van der Waals surface area contributed by atoms with Crippen LogP contribution in [0.4, 0.5) is 4.79 Å². The Labute approximate surface area is 309 Å². The van der Waals surface area contributed by atoms with Crippen molar-refractivity contribution in [2.24, 2.45) is 11.3 Å². The topological polar surface area (TPSA) is 153 Å². The van der Waals surface area contributed by atoms with Crippen molar-refractivity contribution >= 4 is 73.2 Å². The number of nitrogens with one attached hydrogen (secondary N) is 2. The first-order valence-corrected chi connectivity index (χ1v) is 21.0. The van der Waals surface area contributed by atoms with Crippen molar-refractivity contribution in [3.63, 3.8) is 0 Å². The van der Waals surface area contributed by atoms with E-state index >= 15 is 0 Å². The van der Waals surface area contributed by atoms with E-state index < -0.39 is 66.2 Å². The number of methoxy groups -OCH3 is 1. The molecule has 4 aliphatic rings. The van der Waals surface area contributed by atoms with E-state index in [9.17, 15) is 22.8 Å². The minimum Gasteiger partial charge on any atom is -0.424 e. The van der Waals surface area contributed by atoms with Gasteiger partial charge in [0.25, 0.3) is 0 Å². The van der Waals surface area contributed by atoms with Gasteiger partial charge in [0.2, 0.25) is 0 Å². The summed E-state index contributed by atoms with van der Waals surface area (Å²) in [5.74, 6) is 0.816. The molecule has 1 aromatic heterocycles. The Kier molecular flexibility index (Phi) is 11.3. The van der Waals surface area contributed by atoms with Crippen molar-refractivity contribution in [3.8, 4) is 11.6 Å². The molecule has 2 aromatic rings. The third kappa shape index (κ3) is 8.64. The molecular weight excluding hydrogens is 791 g/mol. The van der Waals surface area contributed by atoms with Gasteiger partial charge in [0.1, 0.15) is 0 Å². The van der Waals surface area contributed by atoms with Gasteiger partial charge in [0, 0.05) is 0 Å². The first-order chi connectivity index (χ1) is 23.4. The van der Waals surface area contributed by atoms with Crippen molar-refractivity contribution < 1.29 is 37.0 Å². The second-order valence-electron chi connectivity index (χ2n) is 15.2. The van der Waals surface area contributed by atoms with Gasteiger partial charge in [-0.05, 0) is 0 Å². The summed E-state index contributed by atoms with van der Waals surface area (Å²) in [7, 11) is -0.178. The van der Waals surface area contributed by atoms with Crippen LogP contribution < -0.4 is 20.1 Å². The quantitative estimate of drug-likeness (QED) is 0.220. The molecule has 1 aromatic carbocycles. The van der Waals surface area contributed by atoms with Crippen LogP contribution in [0.5, 0.6) is 11.6 Å². The van der Waals surface area contributed by atoms with E-state index in [4.69, 9.17) is 25.8 Å². The smallest absolute Gasteiger partial charge is 0.0603 e. The fourth-order valence-electron chi connectivity index (χ4n) is 6.19. The number of hydrogen-bond donors (Lipinski definition) is 2. The van der Waals surface area contributed by atoms with Gasteiger partial charge in [0.15, 0.2) is 0 Å². The van der Waals surface area contributed by atoms with Crippen LogP contribution in [0, 0.1) is 11.3 Å². The minimum atomic E-state index is -1.76. The van der Waals surface area contributed by atoms with Gasteiger partial charge in [-0.1, -0.05) is 28.8 Å². The van der Waals surface area contributed by atoms with Crippen LogP contribution in [0.1, 0.15) is 67.2 Å². The average Bonchev–Trinajstić information content (AvgIpc) is 3.92. The average molecular weight is 836 g/mol. The summed E-state index contributed by atoms with van der Waals surface area (Å²) in [4.78, 5) is 46.8. The van der Waals surface area contributed by atoms with Gasteiger partial charge < -0.3 is 8.42 Å². The van der Waals surface area contributed by atoms with E-state index in [1.165, 1.54) is 0 Å². The maximum Gasteiger partial charge on any atom is -0.0603 e. The van der Waals surface area contributed by atoms with Gasteiger partial charge in [0.05, 0.1) is 0 Å². The van der Waals surface area contributed by atoms with Crippen molar-refractivity contribution in [1.29, 1.82) is 0 Å². The third-order valence-corrected chi connectivity index (χ3v) is 14.3. The SMILES string of the molecule is C=C[C@@H]1C[C@@]12N[C]([C@@H]1C[C@@H](Oc3ncc(OC)c4ccc(Cl)cc34)CN1C(=O)[C@@H](NC(=O)OC(C)(C)C)C(C)(C)C)=[Sn][C]2=O.O=[S-](=O)C1CC1. The molecule has 5 atom stereocenters. The Morgan fingerprint density at radius 3 is 2.44 bits per heavy atom. The Balaban J connectivity index is 0.000000732. The molecule has 1 spiro atoms. The molecular formula is C35H45ClN4O8SSn-. The van der Waals surface area contributed by atoms with E-state index in [2.05, 4.69) is 22.2 Å². The molecule has 15 heteroatoms. The Hall–Kier alpha value is -2.75. The third-order valence-electron chi connectivity index (χ3n) is 9.03. The predicted octanol–water partition coefficient (Wildman–Crippen LogP) is 4.55. The number of ether oxygens (including phenoxy) is 3. The summed E-state index contributed by atoms with van der Waals surface area (Å²) in [6.45, 7) is 15.2. The zero-order chi connectivity index (χ0) is 36.8. The number of halogens is 1. The maximum atomic E-state index is 14.4. The van der Waals surface area contributed by atoms with E-state index in [0.29, 0.717) is 28.5 Å². The molecule has 1 radical (unpaired) electrons. The molecule has 12 nitrogen and oxygen atoms in total. The first-order valence-electron chi connectivity index (χ1n) is 16.6. The number of carbonyl (C=O) groups excluding carboxylic acids is 3. The zero-order valence-electron chi connectivity index (χ0n) is 29.5. The Morgan fingerprint density at radius 1 is 1.20 bits per heavy atom.